The van der Waals surface area contributed by atoms with Crippen molar-refractivity contribution >= 4 is 34.4 Å². The highest BCUT2D eigenvalue weighted by atomic mass is 32.1. The molecule has 2 rings (SSSR count). The lowest BCUT2D eigenvalue weighted by Crippen LogP contribution is -2.33. The molecule has 150 valence electrons. The lowest BCUT2D eigenvalue weighted by atomic mass is 10.2. The van der Waals surface area contributed by atoms with Crippen LogP contribution in [-0.2, 0) is 0 Å². The smallest absolute Gasteiger partial charge is 0.340 e. The number of nitrogens with zero attached hydrogens (tertiary/aromatic N) is 1. The van der Waals surface area contributed by atoms with Gasteiger partial charge in [-0.3, -0.25) is 10.1 Å². The quantitative estimate of drug-likeness (QED) is 0.286. The Morgan fingerprint density at radius 3 is 2.36 bits per heavy atom. The fourth-order valence-corrected chi connectivity index (χ4v) is 2.25. The van der Waals surface area contributed by atoms with Crippen LogP contribution in [0.4, 0.5) is 34.6 Å². The standard InChI is InChI=1S/C17H15F4N3O3S/c1-10-2-4-11(5-3-10)22-16(28)23-12-6-13(24(25)26)8-14(7-12)27-9-17(20,21)15(18)19/h2-8,15H,9H2,1H3,(H2,22,23,28). The van der Waals surface area contributed by atoms with Crippen LogP contribution in [0.2, 0.25) is 0 Å². The molecule has 0 atom stereocenters. The number of hydrogen-bond donors (Lipinski definition) is 2. The summed E-state index contributed by atoms with van der Waals surface area (Å²) < 4.78 is 55.1. The number of anilines is 2. The molecule has 11 heteroatoms. The summed E-state index contributed by atoms with van der Waals surface area (Å²) in [5.41, 5.74) is 1.26. The zero-order valence-electron chi connectivity index (χ0n) is 14.4. The van der Waals surface area contributed by atoms with E-state index in [1.165, 1.54) is 0 Å². The summed E-state index contributed by atoms with van der Waals surface area (Å²) in [5, 5.41) is 16.6. The zero-order chi connectivity index (χ0) is 20.9. The van der Waals surface area contributed by atoms with Crippen molar-refractivity contribution in [3.63, 3.8) is 0 Å². The van der Waals surface area contributed by atoms with Crippen LogP contribution in [0.5, 0.6) is 5.75 Å². The molecule has 0 spiro atoms. The first kappa shape index (κ1) is 21.4. The molecular weight excluding hydrogens is 402 g/mol. The molecular formula is C17H15F4N3O3S. The molecule has 0 bridgehead atoms. The van der Waals surface area contributed by atoms with Crippen LogP contribution in [-0.4, -0.2) is 29.0 Å². The summed E-state index contributed by atoms with van der Waals surface area (Å²) in [5.74, 6) is -4.77. The van der Waals surface area contributed by atoms with E-state index in [9.17, 15) is 27.7 Å². The molecule has 0 unspecified atom stereocenters. The van der Waals surface area contributed by atoms with Crippen LogP contribution in [0.15, 0.2) is 42.5 Å². The molecule has 0 aromatic heterocycles. The van der Waals surface area contributed by atoms with Crippen molar-refractivity contribution in [3.8, 4) is 5.75 Å². The van der Waals surface area contributed by atoms with Gasteiger partial charge in [0.25, 0.3) is 5.69 Å². The molecule has 6 nitrogen and oxygen atoms in total. The molecule has 2 aromatic rings. The van der Waals surface area contributed by atoms with Gasteiger partial charge in [0, 0.05) is 17.8 Å². The maximum Gasteiger partial charge on any atom is 0.340 e. The van der Waals surface area contributed by atoms with Crippen LogP contribution in [0, 0.1) is 17.0 Å². The fraction of sp³-hybridized carbons (Fsp3) is 0.235. The van der Waals surface area contributed by atoms with E-state index in [1.807, 2.05) is 19.1 Å². The van der Waals surface area contributed by atoms with E-state index in [0.29, 0.717) is 5.69 Å². The van der Waals surface area contributed by atoms with Crippen molar-refractivity contribution in [2.24, 2.45) is 0 Å². The molecule has 0 fully saturated rings. The summed E-state index contributed by atoms with van der Waals surface area (Å²) in [4.78, 5) is 10.3. The second kappa shape index (κ2) is 8.83. The van der Waals surface area contributed by atoms with Gasteiger partial charge in [-0.15, -0.1) is 0 Å². The van der Waals surface area contributed by atoms with E-state index >= 15 is 0 Å². The molecule has 28 heavy (non-hydrogen) atoms. The number of nitro groups is 1. The number of ether oxygens (including phenoxy) is 1. The normalized spacial score (nSPS) is 11.2. The van der Waals surface area contributed by atoms with Gasteiger partial charge in [0.1, 0.15) is 5.75 Å². The number of rotatable bonds is 7. The second-order valence-corrected chi connectivity index (χ2v) is 6.18. The van der Waals surface area contributed by atoms with Gasteiger partial charge in [-0.1, -0.05) is 17.7 Å². The minimum absolute atomic E-state index is 0.0641. The number of benzene rings is 2. The first-order valence-corrected chi connectivity index (χ1v) is 8.20. The molecule has 0 aliphatic rings. The van der Waals surface area contributed by atoms with E-state index in [4.69, 9.17) is 12.2 Å². The lowest BCUT2D eigenvalue weighted by Gasteiger charge is -2.17. The number of alkyl halides is 4. The van der Waals surface area contributed by atoms with Gasteiger partial charge >= 0.3 is 12.3 Å². The molecule has 0 aliphatic heterocycles. The zero-order valence-corrected chi connectivity index (χ0v) is 15.2. The largest absolute Gasteiger partial charge is 0.487 e. The molecule has 0 aliphatic carbocycles. The summed E-state index contributed by atoms with van der Waals surface area (Å²) >= 11 is 5.11. The van der Waals surface area contributed by atoms with Gasteiger partial charge < -0.3 is 15.4 Å². The average molecular weight is 417 g/mol. The van der Waals surface area contributed by atoms with Crippen LogP contribution in [0.25, 0.3) is 0 Å². The Morgan fingerprint density at radius 2 is 1.79 bits per heavy atom. The minimum atomic E-state index is -4.39. The van der Waals surface area contributed by atoms with Crippen molar-refractivity contribution in [3.05, 3.63) is 58.1 Å². The number of thiocarbonyl (C=S) groups is 1. The highest BCUT2D eigenvalue weighted by Gasteiger charge is 2.41. The first-order chi connectivity index (χ1) is 13.1. The Kier molecular flexibility index (Phi) is 6.73. The fourth-order valence-electron chi connectivity index (χ4n) is 2.02. The highest BCUT2D eigenvalue weighted by Crippen LogP contribution is 2.29. The third-order valence-corrected chi connectivity index (χ3v) is 3.62. The molecule has 2 aromatic carbocycles. The maximum absolute atomic E-state index is 13.0. The van der Waals surface area contributed by atoms with Gasteiger partial charge in [-0.25, -0.2) is 8.78 Å². The number of non-ortho nitro benzene ring substituents is 1. The Hall–Kier alpha value is -2.95. The number of halogens is 4. The van der Waals surface area contributed by atoms with E-state index in [-0.39, 0.29) is 16.5 Å². The average Bonchev–Trinajstić information content (AvgIpc) is 2.61. The van der Waals surface area contributed by atoms with Crippen LogP contribution >= 0.6 is 12.2 Å². The van der Waals surface area contributed by atoms with Crippen molar-refractivity contribution in [1.82, 2.24) is 0 Å². The highest BCUT2D eigenvalue weighted by molar-refractivity contribution is 7.80. The number of hydrogen-bond acceptors (Lipinski definition) is 4. The molecule has 0 saturated carbocycles. The minimum Gasteiger partial charge on any atom is -0.487 e. The summed E-state index contributed by atoms with van der Waals surface area (Å²) in [6.07, 6.45) is -3.92. The summed E-state index contributed by atoms with van der Waals surface area (Å²) in [6, 6.07) is 10.3. The lowest BCUT2D eigenvalue weighted by molar-refractivity contribution is -0.384. The second-order valence-electron chi connectivity index (χ2n) is 5.77. The number of nitro benzene ring substituents is 1. The SMILES string of the molecule is Cc1ccc(NC(=S)Nc2cc(OCC(F)(F)C(F)F)cc([N+](=O)[O-])c2)cc1. The predicted molar refractivity (Wildman–Crippen MR) is 101 cm³/mol. The van der Waals surface area contributed by atoms with Gasteiger partial charge in [0.2, 0.25) is 0 Å². The Bertz CT molecular complexity index is 863. The van der Waals surface area contributed by atoms with Gasteiger partial charge in [-0.05, 0) is 31.3 Å². The van der Waals surface area contributed by atoms with Gasteiger partial charge in [0.15, 0.2) is 11.7 Å². The van der Waals surface area contributed by atoms with Gasteiger partial charge in [-0.2, -0.15) is 8.78 Å². The number of aryl methyl sites for hydroxylation is 1. The first-order valence-electron chi connectivity index (χ1n) is 7.80. The molecule has 0 radical (unpaired) electrons. The molecule has 2 N–H and O–H groups in total. The topological polar surface area (TPSA) is 76.4 Å². The number of nitrogens with one attached hydrogen (secondary N) is 2. The third kappa shape index (κ3) is 6.05. The Balaban J connectivity index is 2.14. The summed E-state index contributed by atoms with van der Waals surface area (Å²) in [7, 11) is 0. The maximum atomic E-state index is 13.0. The van der Waals surface area contributed by atoms with E-state index in [0.717, 1.165) is 23.8 Å². The van der Waals surface area contributed by atoms with Gasteiger partial charge in [0.05, 0.1) is 16.7 Å². The summed E-state index contributed by atoms with van der Waals surface area (Å²) in [6.45, 7) is 0.278. The van der Waals surface area contributed by atoms with Crippen molar-refractivity contribution in [2.75, 3.05) is 17.2 Å². The third-order valence-electron chi connectivity index (χ3n) is 3.42. The predicted octanol–water partition coefficient (Wildman–Crippen LogP) is 4.99. The van der Waals surface area contributed by atoms with E-state index in [1.54, 1.807) is 12.1 Å². The van der Waals surface area contributed by atoms with E-state index < -0.39 is 29.6 Å². The van der Waals surface area contributed by atoms with Crippen LogP contribution in [0.1, 0.15) is 5.56 Å². The van der Waals surface area contributed by atoms with Crippen molar-refractivity contribution in [2.45, 2.75) is 19.3 Å². The Labute approximate surface area is 162 Å². The molecule has 0 heterocycles. The van der Waals surface area contributed by atoms with Crippen LogP contribution < -0.4 is 15.4 Å². The molecule has 0 saturated heterocycles. The van der Waals surface area contributed by atoms with Crippen molar-refractivity contribution in [1.29, 1.82) is 0 Å². The van der Waals surface area contributed by atoms with E-state index in [2.05, 4.69) is 15.4 Å². The monoisotopic (exact) mass is 417 g/mol. The Morgan fingerprint density at radius 1 is 1.18 bits per heavy atom. The van der Waals surface area contributed by atoms with Crippen LogP contribution in [0.3, 0.4) is 0 Å². The van der Waals surface area contributed by atoms with Crippen molar-refractivity contribution < 1.29 is 27.2 Å². The molecule has 0 amide bonds.